The highest BCUT2D eigenvalue weighted by Crippen LogP contribution is 2.00. The van der Waals surface area contributed by atoms with Crippen LogP contribution in [-0.2, 0) is 0 Å². The summed E-state index contributed by atoms with van der Waals surface area (Å²) in [4.78, 5) is 0. The largest absolute Gasteiger partial charge is 0.330 e. The Morgan fingerprint density at radius 1 is 0.526 bits per heavy atom. The normalized spacial score (nSPS) is 6.00. The Hall–Kier alpha value is -0.0800. The van der Waals surface area contributed by atoms with E-state index in [9.17, 15) is 0 Å². The monoisotopic (exact) mass is 284 g/mol. The van der Waals surface area contributed by atoms with Gasteiger partial charge in [0.15, 0.2) is 0 Å². The molecule has 0 aliphatic rings. The van der Waals surface area contributed by atoms with E-state index in [1.807, 2.05) is 13.8 Å². The fourth-order valence-corrected chi connectivity index (χ4v) is 0.795. The minimum Gasteiger partial charge on any atom is -0.330 e. The number of nitrogens with two attached hydrogens (primary N) is 2. The molecule has 0 atom stereocenters. The first-order valence-corrected chi connectivity index (χ1v) is 6.23. The predicted molar refractivity (Wildman–Crippen MR) is 102 cm³/mol. The molecule has 0 amide bonds. The quantitative estimate of drug-likeness (QED) is 0.549. The maximum atomic E-state index is 5.06. The van der Waals surface area contributed by atoms with Gasteiger partial charge in [0.1, 0.15) is 0 Å². The third-order valence-electron chi connectivity index (χ3n) is 1.62. The minimum absolute atomic E-state index is 0. The molecule has 2 heteroatoms. The summed E-state index contributed by atoms with van der Waals surface area (Å²) in [5.41, 5.74) is 10.1. The lowest BCUT2D eigenvalue weighted by atomic mass is 10.2. The zero-order chi connectivity index (χ0) is 11.7. The summed E-state index contributed by atoms with van der Waals surface area (Å²) in [5, 5.41) is 0. The number of unbranched alkanes of at least 4 members (excludes halogenated alkanes) is 4. The first-order chi connectivity index (χ1) is 6.83. The third kappa shape index (κ3) is 130. The van der Waals surface area contributed by atoms with Gasteiger partial charge in [0.2, 0.25) is 0 Å². The molecule has 0 aromatic heterocycles. The average Bonchev–Trinajstić information content (AvgIpc) is 2.24. The van der Waals surface area contributed by atoms with Crippen molar-refractivity contribution in [3.8, 4) is 0 Å². The average molecular weight is 285 g/mol. The molecule has 0 fully saturated rings. The van der Waals surface area contributed by atoms with E-state index < -0.39 is 0 Å². The molecule has 130 valence electrons. The van der Waals surface area contributed by atoms with Crippen LogP contribution >= 0.6 is 0 Å². The van der Waals surface area contributed by atoms with Crippen LogP contribution in [0.2, 0.25) is 0 Å². The van der Waals surface area contributed by atoms with E-state index in [4.69, 9.17) is 11.5 Å². The lowest BCUT2D eigenvalue weighted by molar-refractivity contribution is 0.656. The summed E-state index contributed by atoms with van der Waals surface area (Å²) in [5.74, 6) is 0. The van der Waals surface area contributed by atoms with Gasteiger partial charge in [0.25, 0.3) is 0 Å². The van der Waals surface area contributed by atoms with Gasteiger partial charge in [-0.3, -0.25) is 0 Å². The van der Waals surface area contributed by atoms with E-state index in [1.165, 1.54) is 32.1 Å². The highest BCUT2D eigenvalue weighted by atomic mass is 14.6. The van der Waals surface area contributed by atoms with Crippen LogP contribution in [0.1, 0.15) is 103 Å². The smallest absolute Gasteiger partial charge is 0.00653 e. The van der Waals surface area contributed by atoms with Gasteiger partial charge >= 0.3 is 0 Å². The Morgan fingerprint density at radius 2 is 0.789 bits per heavy atom. The van der Waals surface area contributed by atoms with Crippen molar-refractivity contribution in [1.29, 1.82) is 0 Å². The summed E-state index contributed by atoms with van der Waals surface area (Å²) in [7, 11) is 0. The van der Waals surface area contributed by atoms with E-state index in [0.717, 1.165) is 19.5 Å². The standard InChI is InChI=1S/C7H16.C3H10N2.C2H6.5CH4/c1-3-5-7-6-4-2;4-2-1-3-5;1-2;;;;;/h3-7H2,1-2H3;1-5H2;1-2H3;5*1H4. The Kier molecular flexibility index (Phi) is 219. The Balaban J connectivity index is -0.0000000155. The molecule has 0 aromatic rings. The minimum atomic E-state index is 0. The summed E-state index contributed by atoms with van der Waals surface area (Å²) < 4.78 is 0. The lowest BCUT2D eigenvalue weighted by Gasteiger charge is -1.90. The fourth-order valence-electron chi connectivity index (χ4n) is 0.795. The van der Waals surface area contributed by atoms with Gasteiger partial charge in [-0.15, -0.1) is 0 Å². The maximum Gasteiger partial charge on any atom is -0.00653 e. The zero-order valence-electron chi connectivity index (χ0n) is 10.8. The van der Waals surface area contributed by atoms with Crippen molar-refractivity contribution < 1.29 is 0 Å². The lowest BCUT2D eigenvalue weighted by Crippen LogP contribution is -2.06. The summed E-state index contributed by atoms with van der Waals surface area (Å²) >= 11 is 0. The molecule has 0 unspecified atom stereocenters. The van der Waals surface area contributed by atoms with Crippen LogP contribution in [-0.4, -0.2) is 13.1 Å². The molecule has 0 aliphatic heterocycles. The highest BCUT2D eigenvalue weighted by Gasteiger charge is 1.80. The van der Waals surface area contributed by atoms with E-state index >= 15 is 0 Å². The molecule has 0 spiro atoms. The van der Waals surface area contributed by atoms with Crippen LogP contribution in [0.15, 0.2) is 0 Å². The molecule has 0 aliphatic carbocycles. The molecule has 4 N–H and O–H groups in total. The number of rotatable bonds is 6. The van der Waals surface area contributed by atoms with Crippen LogP contribution < -0.4 is 11.5 Å². The van der Waals surface area contributed by atoms with Crippen LogP contribution in [0.25, 0.3) is 0 Å². The first-order valence-electron chi connectivity index (χ1n) is 6.23. The second-order valence-corrected chi connectivity index (χ2v) is 2.99. The van der Waals surface area contributed by atoms with E-state index in [-0.39, 0.29) is 37.1 Å². The first kappa shape index (κ1) is 51.0. The van der Waals surface area contributed by atoms with Gasteiger partial charge in [-0.1, -0.05) is 96.9 Å². The number of hydrogen-bond donors (Lipinski definition) is 2. The van der Waals surface area contributed by atoms with Crippen molar-refractivity contribution in [1.82, 2.24) is 0 Å². The SMILES string of the molecule is C.C.C.C.C.CC.CCCCCCC.NCCCN. The van der Waals surface area contributed by atoms with E-state index in [0.29, 0.717) is 0 Å². The van der Waals surface area contributed by atoms with Crippen molar-refractivity contribution in [3.05, 3.63) is 0 Å². The van der Waals surface area contributed by atoms with Gasteiger partial charge in [-0.25, -0.2) is 0 Å². The van der Waals surface area contributed by atoms with E-state index in [1.54, 1.807) is 0 Å². The molecule has 0 saturated carbocycles. The van der Waals surface area contributed by atoms with Gasteiger partial charge < -0.3 is 11.5 Å². The van der Waals surface area contributed by atoms with Gasteiger partial charge in [-0.05, 0) is 19.5 Å². The van der Waals surface area contributed by atoms with Crippen molar-refractivity contribution in [2.45, 2.75) is 103 Å². The van der Waals surface area contributed by atoms with Gasteiger partial charge in [0, 0.05) is 0 Å². The molecular weight excluding hydrogens is 232 g/mol. The fraction of sp³-hybridized carbons (Fsp3) is 1.00. The van der Waals surface area contributed by atoms with E-state index in [2.05, 4.69) is 13.8 Å². The van der Waals surface area contributed by atoms with Crippen molar-refractivity contribution in [2.24, 2.45) is 11.5 Å². The maximum absolute atomic E-state index is 5.06. The van der Waals surface area contributed by atoms with Crippen molar-refractivity contribution in [3.63, 3.8) is 0 Å². The summed E-state index contributed by atoms with van der Waals surface area (Å²) in [6, 6.07) is 0. The molecule has 0 aromatic carbocycles. The molecule has 2 nitrogen and oxygen atoms in total. The third-order valence-corrected chi connectivity index (χ3v) is 1.62. The Labute approximate surface area is 128 Å². The molecule has 0 saturated heterocycles. The van der Waals surface area contributed by atoms with Crippen molar-refractivity contribution >= 4 is 0 Å². The molecule has 0 heterocycles. The van der Waals surface area contributed by atoms with Crippen LogP contribution in [0.3, 0.4) is 0 Å². The van der Waals surface area contributed by atoms with Crippen LogP contribution in [0.5, 0.6) is 0 Å². The zero-order valence-corrected chi connectivity index (χ0v) is 10.8. The second-order valence-electron chi connectivity index (χ2n) is 2.99. The van der Waals surface area contributed by atoms with Gasteiger partial charge in [0.05, 0.1) is 0 Å². The van der Waals surface area contributed by atoms with Crippen LogP contribution in [0, 0.1) is 0 Å². The molecule has 0 bridgehead atoms. The Bertz CT molecular complexity index is 51.2. The summed E-state index contributed by atoms with van der Waals surface area (Å²) in [6.45, 7) is 9.93. The predicted octanol–water partition coefficient (Wildman–Crippen LogP) is 6.48. The molecular formula is C17H52N2. The van der Waals surface area contributed by atoms with Crippen molar-refractivity contribution in [2.75, 3.05) is 13.1 Å². The Morgan fingerprint density at radius 3 is 0.895 bits per heavy atom. The topological polar surface area (TPSA) is 52.0 Å². The van der Waals surface area contributed by atoms with Gasteiger partial charge in [-0.2, -0.15) is 0 Å². The molecule has 0 rings (SSSR count). The van der Waals surface area contributed by atoms with Crippen LogP contribution in [0.4, 0.5) is 0 Å². The highest BCUT2D eigenvalue weighted by molar-refractivity contribution is 4.36. The molecule has 0 radical (unpaired) electrons. The molecule has 19 heavy (non-hydrogen) atoms. The number of hydrogen-bond acceptors (Lipinski definition) is 2. The second kappa shape index (κ2) is 81.8. The summed E-state index contributed by atoms with van der Waals surface area (Å²) in [6.07, 6.45) is 7.95.